The van der Waals surface area contributed by atoms with Crippen LogP contribution in [0.15, 0.2) is 24.5 Å². The summed E-state index contributed by atoms with van der Waals surface area (Å²) in [4.78, 5) is 14.2. The van der Waals surface area contributed by atoms with Gasteiger partial charge < -0.3 is 5.11 Å². The zero-order valence-corrected chi connectivity index (χ0v) is 7.69. The van der Waals surface area contributed by atoms with Crippen LogP contribution in [0, 0.1) is 0 Å². The Bertz CT molecular complexity index is 559. The molecule has 0 aliphatic carbocycles. The van der Waals surface area contributed by atoms with Crippen LogP contribution in [0.3, 0.4) is 0 Å². The number of imidazole rings is 1. The standard InChI is InChI=1S/C9H5F3N2O2/c10-9(11,12)5-1-2-14-6(3-5)4-13-7(14)8(15)16/h1-4H,(H,15,16). The van der Waals surface area contributed by atoms with E-state index in [-0.39, 0.29) is 11.3 Å². The molecule has 0 fully saturated rings. The Balaban J connectivity index is 2.62. The number of carboxylic acids is 1. The fourth-order valence-corrected chi connectivity index (χ4v) is 1.33. The minimum Gasteiger partial charge on any atom is -0.475 e. The van der Waals surface area contributed by atoms with Gasteiger partial charge in [-0.05, 0) is 12.1 Å². The summed E-state index contributed by atoms with van der Waals surface area (Å²) in [6, 6.07) is 1.65. The molecule has 4 nitrogen and oxygen atoms in total. The lowest BCUT2D eigenvalue weighted by molar-refractivity contribution is -0.137. The Morgan fingerprint density at radius 1 is 1.44 bits per heavy atom. The second kappa shape index (κ2) is 3.22. The van der Waals surface area contributed by atoms with Crippen LogP contribution in [0.4, 0.5) is 13.2 Å². The molecule has 0 bridgehead atoms. The van der Waals surface area contributed by atoms with Crippen LogP contribution in [-0.2, 0) is 6.18 Å². The van der Waals surface area contributed by atoms with E-state index in [0.717, 1.165) is 28.9 Å². The average molecular weight is 230 g/mol. The van der Waals surface area contributed by atoms with Crippen molar-refractivity contribution < 1.29 is 23.1 Å². The lowest BCUT2D eigenvalue weighted by Crippen LogP contribution is -2.07. The van der Waals surface area contributed by atoms with Gasteiger partial charge in [0.05, 0.1) is 17.3 Å². The SMILES string of the molecule is O=C(O)c1ncc2cc(C(F)(F)F)ccn12. The monoisotopic (exact) mass is 230 g/mol. The van der Waals surface area contributed by atoms with Crippen LogP contribution in [0.5, 0.6) is 0 Å². The summed E-state index contributed by atoms with van der Waals surface area (Å²) in [7, 11) is 0. The summed E-state index contributed by atoms with van der Waals surface area (Å²) >= 11 is 0. The number of aromatic nitrogens is 2. The molecule has 0 amide bonds. The molecular weight excluding hydrogens is 225 g/mol. The number of pyridine rings is 1. The molecule has 0 aromatic carbocycles. The topological polar surface area (TPSA) is 54.6 Å². The molecule has 0 radical (unpaired) electrons. The van der Waals surface area contributed by atoms with E-state index in [0.29, 0.717) is 0 Å². The molecule has 2 rings (SSSR count). The Kier molecular flexibility index (Phi) is 2.11. The lowest BCUT2D eigenvalue weighted by atomic mass is 10.2. The van der Waals surface area contributed by atoms with Crippen molar-refractivity contribution in [1.82, 2.24) is 9.38 Å². The van der Waals surface area contributed by atoms with Gasteiger partial charge in [0, 0.05) is 6.20 Å². The van der Waals surface area contributed by atoms with Crippen molar-refractivity contribution in [2.24, 2.45) is 0 Å². The van der Waals surface area contributed by atoms with E-state index in [1.54, 1.807) is 0 Å². The van der Waals surface area contributed by atoms with Crippen molar-refractivity contribution in [2.75, 3.05) is 0 Å². The van der Waals surface area contributed by atoms with Gasteiger partial charge >= 0.3 is 12.1 Å². The largest absolute Gasteiger partial charge is 0.475 e. The molecule has 7 heteroatoms. The highest BCUT2D eigenvalue weighted by molar-refractivity contribution is 5.85. The predicted octanol–water partition coefficient (Wildman–Crippen LogP) is 2.05. The van der Waals surface area contributed by atoms with E-state index in [2.05, 4.69) is 4.98 Å². The first-order valence-corrected chi connectivity index (χ1v) is 4.17. The van der Waals surface area contributed by atoms with E-state index >= 15 is 0 Å². The molecule has 2 heterocycles. The smallest absolute Gasteiger partial charge is 0.416 e. The first kappa shape index (κ1) is 10.5. The van der Waals surface area contributed by atoms with Crippen LogP contribution in [0.1, 0.15) is 16.2 Å². The highest BCUT2D eigenvalue weighted by atomic mass is 19.4. The van der Waals surface area contributed by atoms with Crippen LogP contribution < -0.4 is 0 Å². The second-order valence-electron chi connectivity index (χ2n) is 3.10. The quantitative estimate of drug-likeness (QED) is 0.815. The third-order valence-electron chi connectivity index (χ3n) is 2.05. The van der Waals surface area contributed by atoms with Gasteiger partial charge in [-0.25, -0.2) is 9.78 Å². The van der Waals surface area contributed by atoms with Crippen molar-refractivity contribution in [3.05, 3.63) is 35.9 Å². The van der Waals surface area contributed by atoms with Gasteiger partial charge in [-0.1, -0.05) is 0 Å². The van der Waals surface area contributed by atoms with E-state index in [4.69, 9.17) is 5.11 Å². The number of hydrogen-bond acceptors (Lipinski definition) is 2. The lowest BCUT2D eigenvalue weighted by Gasteiger charge is -2.06. The summed E-state index contributed by atoms with van der Waals surface area (Å²) in [6.45, 7) is 0. The molecule has 0 aliphatic rings. The number of nitrogens with zero attached hydrogens (tertiary/aromatic N) is 2. The maximum absolute atomic E-state index is 12.3. The van der Waals surface area contributed by atoms with Gasteiger partial charge in [-0.3, -0.25) is 4.40 Å². The van der Waals surface area contributed by atoms with Gasteiger partial charge in [0.2, 0.25) is 5.82 Å². The minimum atomic E-state index is -4.45. The molecule has 0 unspecified atom stereocenters. The van der Waals surface area contributed by atoms with Gasteiger partial charge in [0.1, 0.15) is 0 Å². The maximum atomic E-state index is 12.3. The van der Waals surface area contributed by atoms with Crippen LogP contribution in [0.25, 0.3) is 5.52 Å². The Morgan fingerprint density at radius 2 is 2.12 bits per heavy atom. The van der Waals surface area contributed by atoms with Gasteiger partial charge in [-0.15, -0.1) is 0 Å². The fourth-order valence-electron chi connectivity index (χ4n) is 1.33. The second-order valence-corrected chi connectivity index (χ2v) is 3.10. The molecular formula is C9H5F3N2O2. The zero-order valence-electron chi connectivity index (χ0n) is 7.69. The minimum absolute atomic E-state index is 0.0900. The first-order valence-electron chi connectivity index (χ1n) is 4.17. The molecule has 0 saturated carbocycles. The number of hydrogen-bond donors (Lipinski definition) is 1. The zero-order chi connectivity index (χ0) is 11.9. The molecule has 84 valence electrons. The third-order valence-corrected chi connectivity index (χ3v) is 2.05. The fraction of sp³-hybridized carbons (Fsp3) is 0.111. The number of rotatable bonds is 1. The first-order chi connectivity index (χ1) is 7.39. The Labute approximate surface area is 87.0 Å². The van der Waals surface area contributed by atoms with Gasteiger partial charge in [0.15, 0.2) is 0 Å². The number of carboxylic acid groups (broad SMARTS) is 1. The Morgan fingerprint density at radius 3 is 2.69 bits per heavy atom. The molecule has 1 N–H and O–H groups in total. The van der Waals surface area contributed by atoms with Crippen molar-refractivity contribution in [3.8, 4) is 0 Å². The van der Waals surface area contributed by atoms with Crippen LogP contribution >= 0.6 is 0 Å². The summed E-state index contributed by atoms with van der Waals surface area (Å²) in [5.74, 6) is -1.61. The molecule has 0 atom stereocenters. The van der Waals surface area contributed by atoms with Crippen molar-refractivity contribution in [2.45, 2.75) is 6.18 Å². The Hall–Kier alpha value is -2.05. The molecule has 0 aliphatic heterocycles. The van der Waals surface area contributed by atoms with Crippen molar-refractivity contribution >= 4 is 11.5 Å². The normalized spacial score (nSPS) is 11.9. The number of aromatic carboxylic acids is 1. The molecule has 0 saturated heterocycles. The number of carbonyl (C=O) groups is 1. The van der Waals surface area contributed by atoms with E-state index in [9.17, 15) is 18.0 Å². The van der Waals surface area contributed by atoms with Crippen LogP contribution in [0.2, 0.25) is 0 Å². The molecule has 0 spiro atoms. The highest BCUT2D eigenvalue weighted by Gasteiger charge is 2.30. The highest BCUT2D eigenvalue weighted by Crippen LogP contribution is 2.29. The number of fused-ring (bicyclic) bond motifs is 1. The summed E-state index contributed by atoms with van der Waals surface area (Å²) in [5, 5.41) is 8.70. The predicted molar refractivity (Wildman–Crippen MR) is 47.2 cm³/mol. The van der Waals surface area contributed by atoms with E-state index in [1.807, 2.05) is 0 Å². The van der Waals surface area contributed by atoms with Crippen molar-refractivity contribution in [1.29, 1.82) is 0 Å². The van der Waals surface area contributed by atoms with Gasteiger partial charge in [-0.2, -0.15) is 13.2 Å². The molecule has 2 aromatic rings. The third kappa shape index (κ3) is 1.60. The molecule has 16 heavy (non-hydrogen) atoms. The van der Waals surface area contributed by atoms with E-state index in [1.165, 1.54) is 0 Å². The van der Waals surface area contributed by atoms with E-state index < -0.39 is 17.7 Å². The molecule has 2 aromatic heterocycles. The van der Waals surface area contributed by atoms with Gasteiger partial charge in [0.25, 0.3) is 0 Å². The maximum Gasteiger partial charge on any atom is 0.416 e. The summed E-state index contributed by atoms with van der Waals surface area (Å²) in [6.07, 6.45) is -2.33. The average Bonchev–Trinajstić information content (AvgIpc) is 2.58. The van der Waals surface area contributed by atoms with Crippen molar-refractivity contribution in [3.63, 3.8) is 0 Å². The summed E-state index contributed by atoms with van der Waals surface area (Å²) in [5.41, 5.74) is -0.746. The van der Waals surface area contributed by atoms with Crippen LogP contribution in [-0.4, -0.2) is 20.5 Å². The number of halogens is 3. The summed E-state index contributed by atoms with van der Waals surface area (Å²) < 4.78 is 38.1. The number of alkyl halides is 3.